The minimum Gasteiger partial charge on any atom is -0.267 e. The first-order valence-electron chi connectivity index (χ1n) is 6.39. The third kappa shape index (κ3) is 3.28. The molecule has 0 aliphatic heterocycles. The second kappa shape index (κ2) is 6.45. The summed E-state index contributed by atoms with van der Waals surface area (Å²) in [6, 6.07) is 11.8. The van der Waals surface area contributed by atoms with Crippen molar-refractivity contribution in [3.05, 3.63) is 63.1 Å². The Hall–Kier alpha value is -1.93. The van der Waals surface area contributed by atoms with Crippen molar-refractivity contribution in [2.75, 3.05) is 10.8 Å². The molecule has 0 fully saturated rings. The topological polar surface area (TPSA) is 80.5 Å². The van der Waals surface area contributed by atoms with Gasteiger partial charge < -0.3 is 0 Å². The lowest BCUT2D eigenvalue weighted by molar-refractivity contribution is -0.384. The van der Waals surface area contributed by atoms with Gasteiger partial charge in [-0.1, -0.05) is 22.0 Å². The molecule has 0 bridgehead atoms. The van der Waals surface area contributed by atoms with Gasteiger partial charge in [-0.05, 0) is 37.3 Å². The van der Waals surface area contributed by atoms with E-state index in [-0.39, 0.29) is 17.1 Å². The number of nitrogens with zero attached hydrogens (tertiary/aromatic N) is 2. The Bertz CT molecular complexity index is 791. The van der Waals surface area contributed by atoms with Gasteiger partial charge in [-0.3, -0.25) is 14.4 Å². The highest BCUT2D eigenvalue weighted by molar-refractivity contribution is 9.10. The largest absolute Gasteiger partial charge is 0.269 e. The van der Waals surface area contributed by atoms with Crippen LogP contribution in [0.4, 0.5) is 11.4 Å². The molecule has 0 radical (unpaired) electrons. The zero-order chi connectivity index (χ0) is 16.3. The lowest BCUT2D eigenvalue weighted by Crippen LogP contribution is -2.30. The van der Waals surface area contributed by atoms with Gasteiger partial charge in [0.15, 0.2) is 0 Å². The molecular formula is C14H13BrN2O4S. The molecule has 0 aliphatic rings. The molecule has 116 valence electrons. The molecule has 0 heterocycles. The molecular weight excluding hydrogens is 372 g/mol. The standard InChI is InChI=1S/C14H13BrN2O4S/c1-2-16(13-5-3-4-11(15)10-13)22(20,21)14-8-6-12(7-9-14)17(18)19/h3-10H,2H2,1H3. The molecule has 0 aromatic heterocycles. The Morgan fingerprint density at radius 1 is 1.18 bits per heavy atom. The van der Waals surface area contributed by atoms with Crippen LogP contribution in [0.15, 0.2) is 57.9 Å². The molecule has 8 heteroatoms. The Kier molecular flexibility index (Phi) is 4.82. The summed E-state index contributed by atoms with van der Waals surface area (Å²) >= 11 is 3.31. The molecule has 0 unspecified atom stereocenters. The van der Waals surface area contributed by atoms with E-state index in [1.54, 1.807) is 31.2 Å². The van der Waals surface area contributed by atoms with Gasteiger partial charge in [0.05, 0.1) is 15.5 Å². The fourth-order valence-electron chi connectivity index (χ4n) is 1.99. The SMILES string of the molecule is CCN(c1cccc(Br)c1)S(=O)(=O)c1ccc([N+](=O)[O-])cc1. The van der Waals surface area contributed by atoms with Crippen LogP contribution in [0.25, 0.3) is 0 Å². The van der Waals surface area contributed by atoms with Gasteiger partial charge in [0.25, 0.3) is 15.7 Å². The molecule has 0 aliphatic carbocycles. The molecule has 2 aromatic rings. The van der Waals surface area contributed by atoms with E-state index in [1.807, 2.05) is 0 Å². The van der Waals surface area contributed by atoms with E-state index in [0.29, 0.717) is 5.69 Å². The Morgan fingerprint density at radius 2 is 1.82 bits per heavy atom. The molecule has 2 rings (SSSR count). The van der Waals surface area contributed by atoms with E-state index in [1.165, 1.54) is 28.6 Å². The van der Waals surface area contributed by atoms with Crippen molar-refractivity contribution in [1.82, 2.24) is 0 Å². The number of anilines is 1. The van der Waals surface area contributed by atoms with Gasteiger partial charge in [0, 0.05) is 23.2 Å². The summed E-state index contributed by atoms with van der Waals surface area (Å²) in [5.74, 6) is 0. The maximum atomic E-state index is 12.7. The zero-order valence-electron chi connectivity index (χ0n) is 11.6. The predicted molar refractivity (Wildman–Crippen MR) is 87.4 cm³/mol. The monoisotopic (exact) mass is 384 g/mol. The number of rotatable bonds is 5. The number of nitro groups is 1. The Morgan fingerprint density at radius 3 is 2.32 bits per heavy atom. The summed E-state index contributed by atoms with van der Waals surface area (Å²) in [7, 11) is -3.77. The van der Waals surface area contributed by atoms with Crippen LogP contribution in [-0.2, 0) is 10.0 Å². The van der Waals surface area contributed by atoms with Crippen LogP contribution in [0.5, 0.6) is 0 Å². The summed E-state index contributed by atoms with van der Waals surface area (Å²) < 4.78 is 27.4. The van der Waals surface area contributed by atoms with Crippen LogP contribution >= 0.6 is 15.9 Å². The first-order chi connectivity index (χ1) is 10.4. The maximum Gasteiger partial charge on any atom is 0.269 e. The summed E-state index contributed by atoms with van der Waals surface area (Å²) in [5.41, 5.74) is 0.375. The van der Waals surface area contributed by atoms with E-state index in [9.17, 15) is 18.5 Å². The van der Waals surface area contributed by atoms with Crippen molar-refractivity contribution < 1.29 is 13.3 Å². The van der Waals surface area contributed by atoms with Gasteiger partial charge in [-0.25, -0.2) is 8.42 Å². The fraction of sp³-hybridized carbons (Fsp3) is 0.143. The molecule has 0 saturated carbocycles. The average molecular weight is 385 g/mol. The smallest absolute Gasteiger partial charge is 0.267 e. The molecule has 22 heavy (non-hydrogen) atoms. The van der Waals surface area contributed by atoms with Crippen molar-refractivity contribution in [1.29, 1.82) is 0 Å². The highest BCUT2D eigenvalue weighted by Gasteiger charge is 2.24. The predicted octanol–water partition coefficient (Wildman–Crippen LogP) is 3.57. The lowest BCUT2D eigenvalue weighted by Gasteiger charge is -2.23. The molecule has 0 atom stereocenters. The van der Waals surface area contributed by atoms with Crippen molar-refractivity contribution in [3.63, 3.8) is 0 Å². The number of halogens is 1. The summed E-state index contributed by atoms with van der Waals surface area (Å²) in [4.78, 5) is 10.1. The van der Waals surface area contributed by atoms with E-state index in [4.69, 9.17) is 0 Å². The van der Waals surface area contributed by atoms with Crippen LogP contribution in [-0.4, -0.2) is 19.9 Å². The normalized spacial score (nSPS) is 11.2. The van der Waals surface area contributed by atoms with Crippen molar-refractivity contribution in [3.8, 4) is 0 Å². The van der Waals surface area contributed by atoms with Crippen LogP contribution < -0.4 is 4.31 Å². The summed E-state index contributed by atoms with van der Waals surface area (Å²) in [5, 5.41) is 10.7. The van der Waals surface area contributed by atoms with Crippen LogP contribution in [0.3, 0.4) is 0 Å². The number of hydrogen-bond acceptors (Lipinski definition) is 4. The van der Waals surface area contributed by atoms with Crippen molar-refractivity contribution in [2.45, 2.75) is 11.8 Å². The first kappa shape index (κ1) is 16.4. The minimum atomic E-state index is -3.77. The zero-order valence-corrected chi connectivity index (χ0v) is 14.0. The third-order valence-corrected chi connectivity index (χ3v) is 5.43. The van der Waals surface area contributed by atoms with E-state index in [0.717, 1.165) is 4.47 Å². The van der Waals surface area contributed by atoms with Gasteiger partial charge in [0.1, 0.15) is 0 Å². The summed E-state index contributed by atoms with van der Waals surface area (Å²) in [6.45, 7) is 1.97. The molecule has 2 aromatic carbocycles. The minimum absolute atomic E-state index is 0.0138. The van der Waals surface area contributed by atoms with Gasteiger partial charge >= 0.3 is 0 Å². The fourth-order valence-corrected chi connectivity index (χ4v) is 3.84. The third-order valence-electron chi connectivity index (χ3n) is 3.02. The van der Waals surface area contributed by atoms with Crippen LogP contribution in [0.1, 0.15) is 6.92 Å². The maximum absolute atomic E-state index is 12.7. The molecule has 0 saturated heterocycles. The molecule has 0 amide bonds. The quantitative estimate of drug-likeness (QED) is 0.582. The highest BCUT2D eigenvalue weighted by atomic mass is 79.9. The second-order valence-corrected chi connectivity index (χ2v) is 7.18. The average Bonchev–Trinajstić information content (AvgIpc) is 2.48. The van der Waals surface area contributed by atoms with Gasteiger partial charge in [-0.2, -0.15) is 0 Å². The Balaban J connectivity index is 2.44. The lowest BCUT2D eigenvalue weighted by atomic mass is 10.3. The molecule has 0 N–H and O–H groups in total. The first-order valence-corrected chi connectivity index (χ1v) is 8.62. The van der Waals surface area contributed by atoms with E-state index < -0.39 is 14.9 Å². The van der Waals surface area contributed by atoms with Gasteiger partial charge in [-0.15, -0.1) is 0 Å². The van der Waals surface area contributed by atoms with E-state index in [2.05, 4.69) is 15.9 Å². The van der Waals surface area contributed by atoms with Crippen LogP contribution in [0, 0.1) is 10.1 Å². The number of benzene rings is 2. The van der Waals surface area contributed by atoms with Crippen LogP contribution in [0.2, 0.25) is 0 Å². The van der Waals surface area contributed by atoms with Crippen molar-refractivity contribution >= 4 is 37.3 Å². The molecule has 6 nitrogen and oxygen atoms in total. The number of non-ortho nitro benzene ring substituents is 1. The Labute approximate surface area is 136 Å². The summed E-state index contributed by atoms with van der Waals surface area (Å²) in [6.07, 6.45) is 0. The van der Waals surface area contributed by atoms with Gasteiger partial charge in [0.2, 0.25) is 0 Å². The second-order valence-electron chi connectivity index (χ2n) is 4.40. The van der Waals surface area contributed by atoms with E-state index >= 15 is 0 Å². The number of hydrogen-bond donors (Lipinski definition) is 0. The van der Waals surface area contributed by atoms with Crippen molar-refractivity contribution in [2.24, 2.45) is 0 Å². The number of sulfonamides is 1. The number of nitro benzene ring substituents is 1. The highest BCUT2D eigenvalue weighted by Crippen LogP contribution is 2.26. The molecule has 0 spiro atoms.